The smallest absolute Gasteiger partial charge is 0.266 e. The SMILES string of the molecule is CCCCC(OCCC)C(=O)N1Cc2nc(Cl)nc(NCc3cccc(C(F)F)c3F)c2C1.CN. The van der Waals surface area contributed by atoms with E-state index in [4.69, 9.17) is 16.3 Å². The zero-order valence-corrected chi connectivity index (χ0v) is 21.0. The molecule has 0 aliphatic carbocycles. The number of aromatic nitrogens is 2. The van der Waals surface area contributed by atoms with Crippen LogP contribution >= 0.6 is 11.6 Å². The van der Waals surface area contributed by atoms with E-state index < -0.39 is 23.9 Å². The average molecular weight is 516 g/mol. The summed E-state index contributed by atoms with van der Waals surface area (Å²) in [6, 6.07) is 3.87. The van der Waals surface area contributed by atoms with Crippen molar-refractivity contribution in [2.24, 2.45) is 5.73 Å². The van der Waals surface area contributed by atoms with E-state index in [0.29, 0.717) is 30.1 Å². The minimum atomic E-state index is -2.90. The molecule has 1 aromatic carbocycles. The van der Waals surface area contributed by atoms with Crippen molar-refractivity contribution in [2.45, 2.75) is 71.7 Å². The average Bonchev–Trinajstić information content (AvgIpc) is 3.28. The van der Waals surface area contributed by atoms with Gasteiger partial charge in [-0.3, -0.25) is 4.79 Å². The van der Waals surface area contributed by atoms with Crippen LogP contribution in [0.5, 0.6) is 0 Å². The lowest BCUT2D eigenvalue weighted by Gasteiger charge is -2.23. The first-order chi connectivity index (χ1) is 16.8. The predicted molar refractivity (Wildman–Crippen MR) is 130 cm³/mol. The zero-order chi connectivity index (χ0) is 26.0. The van der Waals surface area contributed by atoms with E-state index in [1.54, 1.807) is 4.90 Å². The molecule has 35 heavy (non-hydrogen) atoms. The number of nitrogens with zero attached hydrogens (tertiary/aromatic N) is 3. The fraction of sp³-hybridized carbons (Fsp3) is 0.542. The summed E-state index contributed by atoms with van der Waals surface area (Å²) in [7, 11) is 1.50. The molecule has 1 aromatic heterocycles. The maximum atomic E-state index is 14.4. The molecule has 11 heteroatoms. The van der Waals surface area contributed by atoms with Crippen LogP contribution in [0.15, 0.2) is 18.2 Å². The molecule has 194 valence electrons. The van der Waals surface area contributed by atoms with E-state index in [0.717, 1.165) is 25.3 Å². The van der Waals surface area contributed by atoms with Gasteiger partial charge in [-0.1, -0.05) is 44.9 Å². The molecule has 0 saturated heterocycles. The van der Waals surface area contributed by atoms with Gasteiger partial charge in [-0.05, 0) is 31.5 Å². The highest BCUT2D eigenvalue weighted by atomic mass is 35.5. The number of anilines is 1. The van der Waals surface area contributed by atoms with Gasteiger partial charge in [0.15, 0.2) is 0 Å². The third kappa shape index (κ3) is 7.52. The molecule has 1 atom stereocenters. The summed E-state index contributed by atoms with van der Waals surface area (Å²) in [5.74, 6) is -0.727. The first-order valence-corrected chi connectivity index (χ1v) is 12.1. The highest BCUT2D eigenvalue weighted by Gasteiger charge is 2.32. The Morgan fingerprint density at radius 1 is 1.23 bits per heavy atom. The number of hydrogen-bond donors (Lipinski definition) is 2. The van der Waals surface area contributed by atoms with Gasteiger partial charge in [0.25, 0.3) is 12.3 Å². The monoisotopic (exact) mass is 515 g/mol. The van der Waals surface area contributed by atoms with Crippen LogP contribution in [0.3, 0.4) is 0 Å². The molecule has 3 rings (SSSR count). The highest BCUT2D eigenvalue weighted by molar-refractivity contribution is 6.28. The van der Waals surface area contributed by atoms with Crippen LogP contribution in [-0.2, 0) is 29.2 Å². The first-order valence-electron chi connectivity index (χ1n) is 11.7. The zero-order valence-electron chi connectivity index (χ0n) is 20.3. The van der Waals surface area contributed by atoms with Crippen molar-refractivity contribution in [1.29, 1.82) is 0 Å². The number of nitrogens with one attached hydrogen (secondary N) is 1. The van der Waals surface area contributed by atoms with Gasteiger partial charge in [0, 0.05) is 24.3 Å². The number of benzene rings is 1. The third-order valence-electron chi connectivity index (χ3n) is 5.48. The first kappa shape index (κ1) is 28.8. The van der Waals surface area contributed by atoms with E-state index in [1.807, 2.05) is 6.92 Å². The van der Waals surface area contributed by atoms with Crippen LogP contribution in [-0.4, -0.2) is 40.5 Å². The maximum absolute atomic E-state index is 14.4. The minimum Gasteiger partial charge on any atom is -0.368 e. The second-order valence-electron chi connectivity index (χ2n) is 7.94. The molecule has 0 fully saturated rings. The van der Waals surface area contributed by atoms with E-state index >= 15 is 0 Å². The third-order valence-corrected chi connectivity index (χ3v) is 5.64. The van der Waals surface area contributed by atoms with Gasteiger partial charge < -0.3 is 20.7 Å². The summed E-state index contributed by atoms with van der Waals surface area (Å²) in [6.07, 6.45) is -0.141. The topological polar surface area (TPSA) is 93.4 Å². The van der Waals surface area contributed by atoms with E-state index in [-0.39, 0.29) is 36.4 Å². The van der Waals surface area contributed by atoms with Gasteiger partial charge in [0.2, 0.25) is 5.28 Å². The van der Waals surface area contributed by atoms with E-state index in [1.165, 1.54) is 19.2 Å². The van der Waals surface area contributed by atoms with Gasteiger partial charge in [0.1, 0.15) is 17.7 Å². The van der Waals surface area contributed by atoms with Crippen molar-refractivity contribution in [1.82, 2.24) is 14.9 Å². The van der Waals surface area contributed by atoms with Gasteiger partial charge in [-0.25, -0.2) is 23.1 Å². The number of nitrogens with two attached hydrogens (primary N) is 1. The Balaban J connectivity index is 0.00000210. The molecular weight excluding hydrogens is 483 g/mol. The Hall–Kier alpha value is -2.43. The number of carbonyl (C=O) groups is 1. The summed E-state index contributed by atoms with van der Waals surface area (Å²) < 4.78 is 46.2. The van der Waals surface area contributed by atoms with Crippen LogP contribution in [0.25, 0.3) is 0 Å². The number of hydrogen-bond acceptors (Lipinski definition) is 6. The molecule has 1 aliphatic heterocycles. The van der Waals surface area contributed by atoms with Crippen LogP contribution in [0.4, 0.5) is 19.0 Å². The highest BCUT2D eigenvalue weighted by Crippen LogP contribution is 2.30. The lowest BCUT2D eigenvalue weighted by atomic mass is 10.1. The van der Waals surface area contributed by atoms with Crippen LogP contribution in [0.1, 0.15) is 68.3 Å². The standard InChI is InChI=1S/C23H28ClF3N4O2.CH5N/c1-3-5-9-18(33-10-4-2)22(32)31-12-16-17(13-31)29-23(24)30-21(16)28-11-14-7-6-8-15(19(14)25)20(26)27;1-2/h6-8,18,20H,3-5,9-13H2,1-2H3,(H,28,29,30);2H2,1H3. The largest absolute Gasteiger partial charge is 0.368 e. The van der Waals surface area contributed by atoms with Crippen molar-refractivity contribution >= 4 is 23.3 Å². The molecular formula is C24H33ClF3N5O2. The van der Waals surface area contributed by atoms with Gasteiger partial charge >= 0.3 is 0 Å². The molecule has 3 N–H and O–H groups in total. The number of unbranched alkanes of at least 4 members (excludes halogenated alkanes) is 1. The second-order valence-corrected chi connectivity index (χ2v) is 8.28. The van der Waals surface area contributed by atoms with Crippen molar-refractivity contribution in [2.75, 3.05) is 19.0 Å². The number of alkyl halides is 2. The maximum Gasteiger partial charge on any atom is 0.266 e. The Morgan fingerprint density at radius 3 is 2.63 bits per heavy atom. The Morgan fingerprint density at radius 2 is 1.97 bits per heavy atom. The predicted octanol–water partition coefficient (Wildman–Crippen LogP) is 5.22. The molecule has 1 unspecified atom stereocenters. The van der Waals surface area contributed by atoms with Crippen molar-refractivity contribution in [3.05, 3.63) is 51.7 Å². The second kappa shape index (κ2) is 14.2. The van der Waals surface area contributed by atoms with E-state index in [9.17, 15) is 18.0 Å². The number of carbonyl (C=O) groups excluding carboxylic acids is 1. The Kier molecular flexibility index (Phi) is 11.7. The summed E-state index contributed by atoms with van der Waals surface area (Å²) in [6.45, 7) is 5.00. The van der Waals surface area contributed by atoms with Crippen molar-refractivity contribution in [3.63, 3.8) is 0 Å². The molecule has 0 saturated carbocycles. The molecule has 0 bridgehead atoms. The summed E-state index contributed by atoms with van der Waals surface area (Å²) in [5.41, 5.74) is 5.19. The van der Waals surface area contributed by atoms with Gasteiger partial charge in [0.05, 0.1) is 24.3 Å². The Bertz CT molecular complexity index is 972. The van der Waals surface area contributed by atoms with Crippen LogP contribution < -0.4 is 11.1 Å². The quantitative estimate of drug-likeness (QED) is 0.398. The molecule has 1 aliphatic rings. The molecule has 0 radical (unpaired) electrons. The fourth-order valence-electron chi connectivity index (χ4n) is 3.74. The van der Waals surface area contributed by atoms with Crippen molar-refractivity contribution < 1.29 is 22.7 Å². The lowest BCUT2D eigenvalue weighted by molar-refractivity contribution is -0.145. The van der Waals surface area contributed by atoms with Crippen LogP contribution in [0.2, 0.25) is 5.28 Å². The number of rotatable bonds is 11. The summed E-state index contributed by atoms with van der Waals surface area (Å²) in [5, 5.41) is 2.96. The molecule has 0 spiro atoms. The number of fused-ring (bicyclic) bond motifs is 1. The summed E-state index contributed by atoms with van der Waals surface area (Å²) >= 11 is 6.07. The number of amides is 1. The molecule has 1 amide bonds. The molecule has 2 aromatic rings. The Labute approximate surface area is 209 Å². The van der Waals surface area contributed by atoms with E-state index in [2.05, 4.69) is 27.9 Å². The molecule has 2 heterocycles. The van der Waals surface area contributed by atoms with Gasteiger partial charge in [-0.2, -0.15) is 0 Å². The van der Waals surface area contributed by atoms with Crippen molar-refractivity contribution in [3.8, 4) is 0 Å². The fourth-order valence-corrected chi connectivity index (χ4v) is 3.93. The molecule has 7 nitrogen and oxygen atoms in total. The van der Waals surface area contributed by atoms with Gasteiger partial charge in [-0.15, -0.1) is 0 Å². The minimum absolute atomic E-state index is 0.0166. The summed E-state index contributed by atoms with van der Waals surface area (Å²) in [4.78, 5) is 23.2. The number of halogens is 4. The number of ether oxygens (including phenoxy) is 1. The lowest BCUT2D eigenvalue weighted by Crippen LogP contribution is -2.37. The van der Waals surface area contributed by atoms with Crippen LogP contribution in [0, 0.1) is 5.82 Å². The normalized spacial score (nSPS) is 13.3.